The molecule has 20 atom stereocenters. The summed E-state index contributed by atoms with van der Waals surface area (Å²) in [6, 6.07) is 0. The molecule has 3 fully saturated rings. The van der Waals surface area contributed by atoms with Crippen LogP contribution in [0.3, 0.4) is 0 Å². The number of carbonyl (C=O) groups is 1. The van der Waals surface area contributed by atoms with E-state index in [2.05, 4.69) is 0 Å². The Kier molecular flexibility index (Phi) is 19.7. The van der Waals surface area contributed by atoms with Crippen molar-refractivity contribution < 1.29 is 124 Å². The molecule has 0 aliphatic carbocycles. The lowest BCUT2D eigenvalue weighted by Gasteiger charge is -2.49. The van der Waals surface area contributed by atoms with Gasteiger partial charge in [-0.1, -0.05) is 0 Å². The minimum Gasteiger partial charge on any atom is -0.479 e. The van der Waals surface area contributed by atoms with Crippen molar-refractivity contribution in [1.29, 1.82) is 0 Å². The molecule has 3 rings (SSSR count). The largest absolute Gasteiger partial charge is 0.479 e. The summed E-state index contributed by atoms with van der Waals surface area (Å²) < 4.78 is 49.9. The molecule has 3 heterocycles. The molecule has 3 saturated heterocycles. The van der Waals surface area contributed by atoms with Gasteiger partial charge in [-0.3, -0.25) is 0 Å². The van der Waals surface area contributed by atoms with E-state index in [4.69, 9.17) is 47.7 Å². The molecule has 0 aromatic carbocycles. The Bertz CT molecular complexity index is 1110. The third-order valence-electron chi connectivity index (χ3n) is 9.15. The summed E-state index contributed by atoms with van der Waals surface area (Å²) in [5, 5.41) is 153. The number of aliphatic carboxylic acids is 1. The van der Waals surface area contributed by atoms with E-state index in [0.29, 0.717) is 0 Å². The van der Waals surface area contributed by atoms with E-state index >= 15 is 0 Å². The van der Waals surface area contributed by atoms with Crippen LogP contribution in [0.1, 0.15) is 0 Å². The molecule has 0 saturated carbocycles. The predicted molar refractivity (Wildman–Crippen MR) is 169 cm³/mol. The summed E-state index contributed by atoms with van der Waals surface area (Å²) in [5.41, 5.74) is 0. The second-order valence-corrected chi connectivity index (χ2v) is 12.8. The van der Waals surface area contributed by atoms with E-state index in [-0.39, 0.29) is 13.2 Å². The fourth-order valence-electron chi connectivity index (χ4n) is 6.22. The Morgan fingerprint density at radius 1 is 0.636 bits per heavy atom. The Morgan fingerprint density at radius 3 is 1.71 bits per heavy atom. The lowest BCUT2D eigenvalue weighted by Crippen LogP contribution is -2.67. The Morgan fingerprint density at radius 2 is 1.16 bits per heavy atom. The van der Waals surface area contributed by atoms with Crippen LogP contribution in [-0.4, -0.2) is 265 Å². The zero-order valence-electron chi connectivity index (χ0n) is 29.5. The van der Waals surface area contributed by atoms with E-state index in [1.807, 2.05) is 0 Å². The quantitative estimate of drug-likeness (QED) is 0.0451. The fraction of sp³-hybridized carbons (Fsp3) is 0.967. The topological polar surface area (TPSA) is 404 Å². The van der Waals surface area contributed by atoms with Gasteiger partial charge in [0.1, 0.15) is 97.7 Å². The second-order valence-electron chi connectivity index (χ2n) is 12.8. The Hall–Kier alpha value is -1.45. The zero-order valence-corrected chi connectivity index (χ0v) is 29.5. The summed E-state index contributed by atoms with van der Waals surface area (Å²) >= 11 is 0. The first-order valence-corrected chi connectivity index (χ1v) is 17.2. The molecule has 0 bridgehead atoms. The van der Waals surface area contributed by atoms with Crippen LogP contribution in [0.2, 0.25) is 0 Å². The predicted octanol–water partition coefficient (Wildman–Crippen LogP) is -9.97. The average molecular weight is 815 g/mol. The lowest BCUT2D eigenvalue weighted by atomic mass is 9.95. The zero-order chi connectivity index (χ0) is 41.1. The summed E-state index contributed by atoms with van der Waals surface area (Å²) in [7, 11) is 1.23. The summed E-state index contributed by atoms with van der Waals surface area (Å²) in [5.74, 6) is -1.97. The minimum absolute atomic E-state index is 0.309. The van der Waals surface area contributed by atoms with Crippen LogP contribution >= 0.6 is 0 Å². The van der Waals surface area contributed by atoms with Crippen molar-refractivity contribution in [2.75, 3.05) is 60.0 Å². The van der Waals surface area contributed by atoms with Crippen molar-refractivity contribution in [2.24, 2.45) is 0 Å². The first kappa shape index (κ1) is 47.9. The summed E-state index contributed by atoms with van der Waals surface area (Å²) in [6.07, 6.45) is -37.6. The average Bonchev–Trinajstić information content (AvgIpc) is 3.17. The van der Waals surface area contributed by atoms with Gasteiger partial charge < -0.3 is 119 Å². The maximum Gasteiger partial charge on any atom is 0.335 e. The second kappa shape index (κ2) is 22.6. The van der Waals surface area contributed by atoms with Gasteiger partial charge in [-0.25, -0.2) is 4.79 Å². The molecule has 8 unspecified atom stereocenters. The molecule has 0 aromatic heterocycles. The maximum atomic E-state index is 11.2. The lowest BCUT2D eigenvalue weighted by molar-refractivity contribution is -0.385. The third-order valence-corrected chi connectivity index (χ3v) is 9.15. The van der Waals surface area contributed by atoms with Gasteiger partial charge >= 0.3 is 5.97 Å². The number of ether oxygens (including phenoxy) is 9. The van der Waals surface area contributed by atoms with Crippen LogP contribution in [0.15, 0.2) is 0 Å². The van der Waals surface area contributed by atoms with Crippen molar-refractivity contribution >= 4 is 5.97 Å². The Labute approximate surface area is 312 Å². The van der Waals surface area contributed by atoms with Crippen LogP contribution in [0, 0.1) is 0 Å². The molecule has 25 nitrogen and oxygen atoms in total. The minimum atomic E-state index is -2.60. The van der Waals surface area contributed by atoms with Crippen LogP contribution in [-0.2, 0) is 47.4 Å². The van der Waals surface area contributed by atoms with Gasteiger partial charge in [-0.05, 0) is 0 Å². The van der Waals surface area contributed by atoms with Crippen LogP contribution < -0.4 is 0 Å². The smallest absolute Gasteiger partial charge is 0.335 e. The molecule has 0 radical (unpaired) electrons. The molecule has 0 amide bonds. The normalized spacial score (nSPS) is 39.9. The molecule has 324 valence electrons. The van der Waals surface area contributed by atoms with Crippen molar-refractivity contribution in [1.82, 2.24) is 0 Å². The highest BCUT2D eigenvalue weighted by atomic mass is 16.8. The number of rotatable bonds is 22. The van der Waals surface area contributed by atoms with Crippen molar-refractivity contribution in [2.45, 2.75) is 123 Å². The highest BCUT2D eigenvalue weighted by Crippen LogP contribution is 2.34. The SMILES string of the molecule is CO[C@H]1C(CO)O[C@H](O[C@H]2C(CO)O[C@H](O[C@H]3C(COCCO)O[C@H](O[C@@H](C(O)CO)[C@@H](O)C(O)[C@H](O)C(=O)O)C(O)[C@@H]3O)C(O)[C@@H]2O)C(OCCO)[C@@H]1O. The van der Waals surface area contributed by atoms with Gasteiger partial charge in [0.05, 0.1) is 52.9 Å². The van der Waals surface area contributed by atoms with E-state index in [9.17, 15) is 76.3 Å². The van der Waals surface area contributed by atoms with Crippen LogP contribution in [0.25, 0.3) is 0 Å². The highest BCUT2D eigenvalue weighted by Gasteiger charge is 2.55. The third kappa shape index (κ3) is 11.6. The first-order chi connectivity index (χ1) is 26.1. The van der Waals surface area contributed by atoms with Crippen molar-refractivity contribution in [3.05, 3.63) is 0 Å². The molecular weight excluding hydrogens is 760 g/mol. The van der Waals surface area contributed by atoms with Crippen molar-refractivity contribution in [3.63, 3.8) is 0 Å². The molecule has 3 aliphatic heterocycles. The molecule has 0 aromatic rings. The molecule has 3 aliphatic rings. The standard InChI is InChI=1S/C30H54O25/c1-47-23-11(7-34)51-30(26(21(23)44)49-5-3-32)55-24-12(8-35)50-28(19(42)16(24)39)54-25-13(9-48-4-2-31)52-29(20(43)17(25)40)53-22(10(36)6-33)15(38)14(37)18(41)27(45)46/h10-26,28-44H,2-9H2,1H3,(H,45,46)/t10?,11?,12?,13?,14?,15-,16-,17-,18-,19?,20?,21+,22-,23-,24-,25-,26?,28+,29+,30+/m0/s1. The van der Waals surface area contributed by atoms with E-state index in [1.54, 1.807) is 0 Å². The molecular formula is C30H54O25. The van der Waals surface area contributed by atoms with E-state index < -0.39 is 168 Å². The maximum absolute atomic E-state index is 11.2. The van der Waals surface area contributed by atoms with E-state index in [1.165, 1.54) is 7.11 Å². The van der Waals surface area contributed by atoms with Gasteiger partial charge in [0.2, 0.25) is 0 Å². The van der Waals surface area contributed by atoms with Crippen molar-refractivity contribution in [3.8, 4) is 0 Å². The van der Waals surface area contributed by atoms with Gasteiger partial charge in [-0.2, -0.15) is 0 Å². The van der Waals surface area contributed by atoms with Gasteiger partial charge in [0, 0.05) is 7.11 Å². The number of methoxy groups -OCH3 is 1. The summed E-state index contributed by atoms with van der Waals surface area (Å²) in [4.78, 5) is 11.1. The molecule has 15 N–H and O–H groups in total. The molecule has 55 heavy (non-hydrogen) atoms. The number of aliphatic hydroxyl groups excluding tert-OH is 14. The number of aliphatic hydroxyl groups is 14. The van der Waals surface area contributed by atoms with Gasteiger partial charge in [0.25, 0.3) is 0 Å². The summed E-state index contributed by atoms with van der Waals surface area (Å²) in [6.45, 7) is -4.93. The first-order valence-electron chi connectivity index (χ1n) is 17.2. The van der Waals surface area contributed by atoms with Gasteiger partial charge in [-0.15, -0.1) is 0 Å². The number of carboxylic acid groups (broad SMARTS) is 1. The fourth-order valence-corrected chi connectivity index (χ4v) is 6.22. The van der Waals surface area contributed by atoms with E-state index in [0.717, 1.165) is 0 Å². The number of hydrogen-bond acceptors (Lipinski definition) is 24. The number of carboxylic acids is 1. The van der Waals surface area contributed by atoms with Gasteiger partial charge in [0.15, 0.2) is 25.0 Å². The monoisotopic (exact) mass is 814 g/mol. The Balaban J connectivity index is 1.83. The molecule has 0 spiro atoms. The highest BCUT2D eigenvalue weighted by molar-refractivity contribution is 5.72. The van der Waals surface area contributed by atoms with Crippen LogP contribution in [0.4, 0.5) is 0 Å². The molecule has 25 heteroatoms. The number of hydrogen-bond donors (Lipinski definition) is 15. The van der Waals surface area contributed by atoms with Crippen LogP contribution in [0.5, 0.6) is 0 Å².